The molecule has 2 fully saturated rings. The van der Waals surface area contributed by atoms with Gasteiger partial charge in [-0.2, -0.15) is 0 Å². The molecule has 0 aliphatic carbocycles. The Morgan fingerprint density at radius 1 is 0.483 bits per heavy atom. The number of rotatable bonds is 36. The van der Waals surface area contributed by atoms with Crippen LogP contribution in [0.4, 0.5) is 41.9 Å². The van der Waals surface area contributed by atoms with E-state index in [1.165, 1.54) is 76.4 Å². The van der Waals surface area contributed by atoms with Gasteiger partial charge in [0.15, 0.2) is 35.5 Å². The van der Waals surface area contributed by atoms with Gasteiger partial charge in [0, 0.05) is 56.4 Å². The van der Waals surface area contributed by atoms with Crippen LogP contribution in [0.3, 0.4) is 0 Å². The molecule has 0 spiro atoms. The van der Waals surface area contributed by atoms with E-state index in [0.29, 0.717) is 76.8 Å². The van der Waals surface area contributed by atoms with Gasteiger partial charge in [0.05, 0.1) is 95.0 Å². The van der Waals surface area contributed by atoms with Crippen LogP contribution in [-0.4, -0.2) is 229 Å². The average molecular weight is 1640 g/mol. The molecule has 2 saturated heterocycles. The summed E-state index contributed by atoms with van der Waals surface area (Å²) in [5.74, 6) is 1.97. The van der Waals surface area contributed by atoms with E-state index in [1.807, 2.05) is 0 Å². The van der Waals surface area contributed by atoms with Crippen LogP contribution in [0.2, 0.25) is 0 Å². The molecule has 35 nitrogen and oxygen atoms in total. The number of nitrogens with two attached hydrogens (primary N) is 1. The lowest BCUT2D eigenvalue weighted by Crippen LogP contribution is -2.53. The number of hydrogen-bond donors (Lipinski definition) is 9. The van der Waals surface area contributed by atoms with Crippen molar-refractivity contribution in [1.29, 1.82) is 0 Å². The van der Waals surface area contributed by atoms with Gasteiger partial charge >= 0.3 is 24.4 Å². The van der Waals surface area contributed by atoms with Crippen molar-refractivity contribution in [2.75, 3.05) is 121 Å². The lowest BCUT2D eigenvalue weighted by atomic mass is 10.0. The number of carbonyl (C=O) groups excluding carboxylic acids is 10. The maximum absolute atomic E-state index is 14.6. The summed E-state index contributed by atoms with van der Waals surface area (Å²) in [6.07, 6.45) is -6.74. The van der Waals surface area contributed by atoms with Gasteiger partial charge in [0.2, 0.25) is 23.6 Å². The fourth-order valence-corrected chi connectivity index (χ4v) is 13.2. The lowest BCUT2D eigenvalue weighted by Gasteiger charge is -2.31. The highest BCUT2D eigenvalue weighted by molar-refractivity contribution is 6.08. The summed E-state index contributed by atoms with van der Waals surface area (Å²) < 4.78 is 67.1. The monoisotopic (exact) mass is 1640 g/mol. The molecule has 0 radical (unpaired) electrons. The fraction of sp³-hybridized carbons (Fsp3) is 0.446. The van der Waals surface area contributed by atoms with Gasteiger partial charge < -0.3 is 114 Å². The number of amides is 10. The van der Waals surface area contributed by atoms with E-state index in [1.54, 1.807) is 94.4 Å². The molecular formula is C83H103N11O24. The number of fused-ring (bicyclic) bond motifs is 4. The van der Waals surface area contributed by atoms with E-state index < -0.39 is 109 Å². The normalized spacial score (nSPS) is 17.0. The molecule has 4 aliphatic rings. The van der Waals surface area contributed by atoms with Crippen molar-refractivity contribution in [3.8, 4) is 34.8 Å². The summed E-state index contributed by atoms with van der Waals surface area (Å²) in [5, 5.41) is 40.2. The molecular weight excluding hydrogens is 1530 g/mol. The summed E-state index contributed by atoms with van der Waals surface area (Å²) in [7, 11) is 5.80. The number of anilines is 4. The van der Waals surface area contributed by atoms with Crippen LogP contribution in [0.1, 0.15) is 103 Å². The van der Waals surface area contributed by atoms with Crippen molar-refractivity contribution >= 4 is 82.6 Å². The summed E-state index contributed by atoms with van der Waals surface area (Å²) in [4.78, 5) is 141. The van der Waals surface area contributed by atoms with Gasteiger partial charge in [-0.1, -0.05) is 88.1 Å². The van der Waals surface area contributed by atoms with Crippen molar-refractivity contribution in [2.24, 2.45) is 17.6 Å². The summed E-state index contributed by atoms with van der Waals surface area (Å²) >= 11 is 0. The molecule has 9 rings (SSSR count). The molecule has 4 aliphatic heterocycles. The standard InChI is InChI=1S/C83H103N11O24/c1-47(2)70(89-80(103)113-30-28-111-26-24-107-9)74(97)85-51(7)72(95)87-58-19-15-53(16-20-58)43-117-82(105)93-62-39-68(66(109-11)37-60(62)76(99)91-41-49(5)32-64(91)78(93)101)115-45-56-34-55(14-13-23-84)35-57(36-56)46-116-69-40-63-61(38-67(69)110-12)77(100)92-42-50(6)33-65(92)79(102)94(63)83(106)118-44-54-17-21-59(22-18-54)88-73(96)52(8)86-75(98)71(48(3)4)90-81(104)114-31-29-112-27-25-108-10/h15-22,34-40,47-48,51-52,64-65,70-71,78-79,101-102H,5-6,23-33,41-46,84H2,1-4,7-12H3,(H,85,97)(H,86,98)(H,87,95)(H,88,96)(H,89,103)(H,90,104)/t51-,52-,64-,65-,70-,71-,78-,79-/m0/s1. The van der Waals surface area contributed by atoms with Crippen LogP contribution in [0.25, 0.3) is 0 Å². The topological polar surface area (TPSA) is 433 Å². The van der Waals surface area contributed by atoms with Crippen LogP contribution in [0.15, 0.2) is 115 Å². The second-order valence-electron chi connectivity index (χ2n) is 28.8. The zero-order valence-electron chi connectivity index (χ0n) is 67.6. The molecule has 0 bridgehead atoms. The number of carbonyl (C=O) groups is 10. The van der Waals surface area contributed by atoms with Crippen molar-refractivity contribution in [2.45, 2.75) is 130 Å². The van der Waals surface area contributed by atoms with Gasteiger partial charge in [0.1, 0.15) is 63.8 Å². The number of alkyl carbamates (subject to hydrolysis) is 2. The molecule has 8 atom stereocenters. The molecule has 10 amide bonds. The van der Waals surface area contributed by atoms with Gasteiger partial charge in [-0.15, -0.1) is 0 Å². The first kappa shape index (κ1) is 89.9. The average Bonchev–Trinajstić information content (AvgIpc) is 1.60. The van der Waals surface area contributed by atoms with E-state index in [-0.39, 0.29) is 143 Å². The number of aliphatic hydroxyl groups is 2. The molecule has 4 heterocycles. The van der Waals surface area contributed by atoms with E-state index in [0.717, 1.165) is 9.80 Å². The molecule has 634 valence electrons. The minimum Gasteiger partial charge on any atom is -0.493 e. The Hall–Kier alpha value is -12.0. The SMILES string of the molecule is C=C1C[C@H]2[C@H](O)N(C(=O)OCc3ccc(NC(=O)[C@H](C)NC(=O)[C@@H](NC(=O)OCCOCCOC)C(C)C)cc3)c3cc(OCc4cc(C#CCN)cc(COc5cc6c(cc5OC)C(=O)N5CC(=C)C[C@H]5[C@H](O)N6C(=O)OCc5ccc(NC(=O)[C@H](C)NC(=O)[C@@H](NC(=O)OCCOCCOC)C(C)C)cc5)c4)c(OC)cc3C(=O)N2C1. The summed E-state index contributed by atoms with van der Waals surface area (Å²) in [6, 6.07) is 17.4. The maximum atomic E-state index is 14.6. The first-order chi connectivity index (χ1) is 56.5. The zero-order chi connectivity index (χ0) is 85.4. The largest absolute Gasteiger partial charge is 0.493 e. The first-order valence-corrected chi connectivity index (χ1v) is 38.2. The smallest absolute Gasteiger partial charge is 0.416 e. The van der Waals surface area contributed by atoms with Crippen LogP contribution in [0, 0.1) is 23.7 Å². The predicted molar refractivity (Wildman–Crippen MR) is 428 cm³/mol. The van der Waals surface area contributed by atoms with Crippen molar-refractivity contribution in [3.05, 3.63) is 154 Å². The maximum Gasteiger partial charge on any atom is 0.416 e. The van der Waals surface area contributed by atoms with Gasteiger partial charge in [-0.05, 0) is 115 Å². The third-order valence-corrected chi connectivity index (χ3v) is 19.3. The van der Waals surface area contributed by atoms with E-state index >= 15 is 0 Å². The Morgan fingerprint density at radius 2 is 0.873 bits per heavy atom. The summed E-state index contributed by atoms with van der Waals surface area (Å²) in [6.45, 7) is 18.6. The number of nitrogens with zero attached hydrogens (tertiary/aromatic N) is 4. The third-order valence-electron chi connectivity index (χ3n) is 19.3. The highest BCUT2D eigenvalue weighted by atomic mass is 16.6. The molecule has 0 aromatic heterocycles. The highest BCUT2D eigenvalue weighted by Gasteiger charge is 2.49. The van der Waals surface area contributed by atoms with Crippen molar-refractivity contribution in [3.63, 3.8) is 0 Å². The van der Waals surface area contributed by atoms with Gasteiger partial charge in [-0.3, -0.25) is 28.8 Å². The second kappa shape index (κ2) is 42.7. The molecule has 5 aromatic carbocycles. The predicted octanol–water partition coefficient (Wildman–Crippen LogP) is 6.38. The van der Waals surface area contributed by atoms with Crippen LogP contribution in [0.5, 0.6) is 23.0 Å². The Balaban J connectivity index is 0.869. The number of methoxy groups -OCH3 is 4. The number of nitrogens with one attached hydrogen (secondary N) is 6. The minimum atomic E-state index is -1.66. The third kappa shape index (κ3) is 23.6. The molecule has 118 heavy (non-hydrogen) atoms. The number of aliphatic hydroxyl groups excluding tert-OH is 2. The van der Waals surface area contributed by atoms with Crippen molar-refractivity contribution in [1.82, 2.24) is 31.1 Å². The lowest BCUT2D eigenvalue weighted by molar-refractivity contribution is -0.128. The first-order valence-electron chi connectivity index (χ1n) is 38.2. The van der Waals surface area contributed by atoms with Crippen LogP contribution < -0.4 is 66.4 Å². The molecule has 5 aromatic rings. The fourth-order valence-electron chi connectivity index (χ4n) is 13.2. The number of ether oxygens (including phenoxy) is 12. The Morgan fingerprint density at radius 3 is 1.24 bits per heavy atom. The number of benzene rings is 5. The van der Waals surface area contributed by atoms with Gasteiger partial charge in [-0.25, -0.2) is 29.0 Å². The zero-order valence-corrected chi connectivity index (χ0v) is 67.6. The second-order valence-corrected chi connectivity index (χ2v) is 28.8. The summed E-state index contributed by atoms with van der Waals surface area (Å²) in [5.41, 5.74) is 10.1. The van der Waals surface area contributed by atoms with E-state index in [2.05, 4.69) is 56.9 Å². The van der Waals surface area contributed by atoms with Gasteiger partial charge in [0.25, 0.3) is 11.8 Å². The van der Waals surface area contributed by atoms with E-state index in [4.69, 9.17) is 62.6 Å². The van der Waals surface area contributed by atoms with E-state index in [9.17, 15) is 58.2 Å². The molecule has 0 unspecified atom stereocenters. The van der Waals surface area contributed by atoms with Crippen molar-refractivity contribution < 1.29 is 115 Å². The Kier molecular flexibility index (Phi) is 32.5. The Bertz CT molecular complexity index is 4260. The highest BCUT2D eigenvalue weighted by Crippen LogP contribution is 2.45. The molecule has 35 heteroatoms. The Labute approximate surface area is 683 Å². The quantitative estimate of drug-likeness (QED) is 0.00909. The molecule has 10 N–H and O–H groups in total. The molecule has 0 saturated carbocycles. The minimum absolute atomic E-state index is 0.00848. The van der Waals surface area contributed by atoms with Crippen LogP contribution in [-0.2, 0) is 83.5 Å². The number of hydrogen-bond acceptors (Lipinski definition) is 25. The van der Waals surface area contributed by atoms with Crippen LogP contribution >= 0.6 is 0 Å².